The van der Waals surface area contributed by atoms with Crippen LogP contribution in [0.2, 0.25) is 0 Å². The highest BCUT2D eigenvalue weighted by atomic mass is 32.2. The number of benzene rings is 1. The summed E-state index contributed by atoms with van der Waals surface area (Å²) in [7, 11) is -0.987. The van der Waals surface area contributed by atoms with Crippen molar-refractivity contribution in [3.8, 4) is 5.75 Å². The van der Waals surface area contributed by atoms with E-state index in [1.54, 1.807) is 0 Å². The molecule has 0 radical (unpaired) electrons. The van der Waals surface area contributed by atoms with Gasteiger partial charge in [-0.25, -0.2) is 8.42 Å². The van der Waals surface area contributed by atoms with Crippen LogP contribution in [-0.2, 0) is 16.4 Å². The maximum atomic E-state index is 11.3. The predicted octanol–water partition coefficient (Wildman–Crippen LogP) is 0.972. The molecule has 5 heteroatoms. The van der Waals surface area contributed by atoms with Crippen LogP contribution in [0.4, 0.5) is 0 Å². The van der Waals surface area contributed by atoms with Crippen LogP contribution in [0.5, 0.6) is 5.75 Å². The Morgan fingerprint density at radius 1 is 1.47 bits per heavy atom. The van der Waals surface area contributed by atoms with E-state index < -0.39 is 9.84 Å². The summed E-state index contributed by atoms with van der Waals surface area (Å²) < 4.78 is 28.3. The van der Waals surface area contributed by atoms with Gasteiger partial charge in [-0.2, -0.15) is 0 Å². The Labute approximate surface area is 102 Å². The van der Waals surface area contributed by atoms with E-state index in [4.69, 9.17) is 4.74 Å². The molecule has 1 atom stereocenters. The quantitative estimate of drug-likeness (QED) is 0.871. The lowest BCUT2D eigenvalue weighted by molar-refractivity contribution is 0.228. The van der Waals surface area contributed by atoms with Crippen molar-refractivity contribution in [3.05, 3.63) is 29.8 Å². The van der Waals surface area contributed by atoms with Crippen LogP contribution in [0.1, 0.15) is 12.0 Å². The van der Waals surface area contributed by atoms with Gasteiger partial charge >= 0.3 is 0 Å². The minimum atomic E-state index is -2.87. The normalized spacial score (nSPS) is 22.5. The Bertz CT molecular complexity index is 484. The number of nitrogens with one attached hydrogen (secondary N) is 1. The Balaban J connectivity index is 2.01. The molecule has 2 rings (SSSR count). The molecule has 0 bridgehead atoms. The molecule has 1 heterocycles. The molecular weight excluding hydrogens is 238 g/mol. The number of sulfone groups is 1. The molecule has 0 amide bonds. The zero-order valence-corrected chi connectivity index (χ0v) is 10.7. The summed E-state index contributed by atoms with van der Waals surface area (Å²) in [6, 6.07) is 7.74. The predicted molar refractivity (Wildman–Crippen MR) is 66.9 cm³/mol. The van der Waals surface area contributed by atoms with Crippen LogP contribution < -0.4 is 10.1 Å². The van der Waals surface area contributed by atoms with Crippen molar-refractivity contribution in [1.29, 1.82) is 0 Å². The molecule has 1 N–H and O–H groups in total. The van der Waals surface area contributed by atoms with Gasteiger partial charge in [-0.15, -0.1) is 0 Å². The van der Waals surface area contributed by atoms with Crippen molar-refractivity contribution in [2.45, 2.75) is 19.1 Å². The molecule has 0 aliphatic carbocycles. The summed E-state index contributed by atoms with van der Waals surface area (Å²) in [5.41, 5.74) is 1.13. The highest BCUT2D eigenvalue weighted by molar-refractivity contribution is 7.91. The average molecular weight is 255 g/mol. The molecule has 0 saturated carbocycles. The molecular formula is C12H17NO3S. The van der Waals surface area contributed by atoms with E-state index in [1.807, 2.05) is 31.3 Å². The summed E-state index contributed by atoms with van der Waals surface area (Å²) in [5.74, 6) is 1.14. The van der Waals surface area contributed by atoms with Crippen molar-refractivity contribution in [1.82, 2.24) is 5.32 Å². The van der Waals surface area contributed by atoms with Crippen LogP contribution >= 0.6 is 0 Å². The molecule has 1 fully saturated rings. The zero-order valence-electron chi connectivity index (χ0n) is 9.85. The molecule has 1 saturated heterocycles. The minimum absolute atomic E-state index is 0.142. The Morgan fingerprint density at radius 2 is 2.29 bits per heavy atom. The largest absolute Gasteiger partial charge is 0.489 e. The lowest BCUT2D eigenvalue weighted by Crippen LogP contribution is -2.17. The summed E-state index contributed by atoms with van der Waals surface area (Å²) in [6.07, 6.45) is 0.406. The van der Waals surface area contributed by atoms with E-state index in [2.05, 4.69) is 5.32 Å². The van der Waals surface area contributed by atoms with Gasteiger partial charge in [0.05, 0.1) is 11.5 Å². The highest BCUT2D eigenvalue weighted by Gasteiger charge is 2.29. The molecule has 1 unspecified atom stereocenters. The zero-order chi connectivity index (χ0) is 12.3. The third-order valence-corrected chi connectivity index (χ3v) is 4.51. The minimum Gasteiger partial charge on any atom is -0.489 e. The van der Waals surface area contributed by atoms with Crippen LogP contribution in [0.15, 0.2) is 24.3 Å². The first-order valence-electron chi connectivity index (χ1n) is 5.70. The summed E-state index contributed by atoms with van der Waals surface area (Å²) in [5, 5.41) is 3.07. The van der Waals surface area contributed by atoms with E-state index in [1.165, 1.54) is 0 Å². The van der Waals surface area contributed by atoms with Crippen LogP contribution in [0.25, 0.3) is 0 Å². The summed E-state index contributed by atoms with van der Waals surface area (Å²) in [4.78, 5) is 0. The first-order valence-corrected chi connectivity index (χ1v) is 7.52. The fourth-order valence-electron chi connectivity index (χ4n) is 1.98. The maximum absolute atomic E-state index is 11.3. The lowest BCUT2D eigenvalue weighted by atomic mass is 10.2. The fraction of sp³-hybridized carbons (Fsp3) is 0.500. The SMILES string of the molecule is CNCc1cccc(OC2CCS(=O)(=O)C2)c1. The molecule has 94 valence electrons. The average Bonchev–Trinajstić information content (AvgIpc) is 2.59. The highest BCUT2D eigenvalue weighted by Crippen LogP contribution is 2.20. The van der Waals surface area contributed by atoms with E-state index in [9.17, 15) is 8.42 Å². The molecule has 1 aromatic carbocycles. The van der Waals surface area contributed by atoms with Crippen LogP contribution in [0, 0.1) is 0 Å². The third kappa shape index (κ3) is 3.44. The Morgan fingerprint density at radius 3 is 2.94 bits per heavy atom. The van der Waals surface area contributed by atoms with Gasteiger partial charge in [0.25, 0.3) is 0 Å². The standard InChI is InChI=1S/C12H17NO3S/c1-13-8-10-3-2-4-11(7-10)16-12-5-6-17(14,15)9-12/h2-4,7,12-13H,5-6,8-9H2,1H3. The molecule has 1 aromatic rings. The lowest BCUT2D eigenvalue weighted by Gasteiger charge is -2.12. The molecule has 4 nitrogen and oxygen atoms in total. The van der Waals surface area contributed by atoms with Crippen molar-refractivity contribution in [3.63, 3.8) is 0 Å². The second-order valence-corrected chi connectivity index (χ2v) is 6.55. The first kappa shape index (κ1) is 12.4. The van der Waals surface area contributed by atoms with Crippen LogP contribution in [-0.4, -0.2) is 33.1 Å². The number of hydrogen-bond donors (Lipinski definition) is 1. The molecule has 0 spiro atoms. The number of rotatable bonds is 4. The maximum Gasteiger partial charge on any atom is 0.154 e. The van der Waals surface area contributed by atoms with Gasteiger partial charge in [-0.1, -0.05) is 12.1 Å². The fourth-order valence-corrected chi connectivity index (χ4v) is 3.57. The molecule has 1 aliphatic heterocycles. The molecule has 1 aliphatic rings. The van der Waals surface area contributed by atoms with Gasteiger partial charge in [0.1, 0.15) is 11.9 Å². The number of hydrogen-bond acceptors (Lipinski definition) is 4. The summed E-state index contributed by atoms with van der Waals surface area (Å²) in [6.45, 7) is 0.778. The topological polar surface area (TPSA) is 55.4 Å². The monoisotopic (exact) mass is 255 g/mol. The van der Waals surface area contributed by atoms with Crippen molar-refractivity contribution in [2.24, 2.45) is 0 Å². The second kappa shape index (κ2) is 5.06. The van der Waals surface area contributed by atoms with Gasteiger partial charge in [-0.05, 0) is 31.2 Å². The summed E-state index contributed by atoms with van der Waals surface area (Å²) >= 11 is 0. The van der Waals surface area contributed by atoms with Crippen molar-refractivity contribution < 1.29 is 13.2 Å². The van der Waals surface area contributed by atoms with E-state index in [-0.39, 0.29) is 17.6 Å². The first-order chi connectivity index (χ1) is 8.09. The van der Waals surface area contributed by atoms with Gasteiger partial charge < -0.3 is 10.1 Å². The van der Waals surface area contributed by atoms with E-state index in [0.717, 1.165) is 17.9 Å². The van der Waals surface area contributed by atoms with Gasteiger partial charge in [-0.3, -0.25) is 0 Å². The van der Waals surface area contributed by atoms with Gasteiger partial charge in [0, 0.05) is 6.54 Å². The van der Waals surface area contributed by atoms with Crippen molar-refractivity contribution >= 4 is 9.84 Å². The third-order valence-electron chi connectivity index (χ3n) is 2.77. The molecule has 17 heavy (non-hydrogen) atoms. The smallest absolute Gasteiger partial charge is 0.154 e. The second-order valence-electron chi connectivity index (χ2n) is 4.32. The van der Waals surface area contributed by atoms with Gasteiger partial charge in [0.15, 0.2) is 9.84 Å². The number of ether oxygens (including phenoxy) is 1. The van der Waals surface area contributed by atoms with Crippen molar-refractivity contribution in [2.75, 3.05) is 18.6 Å². The Kier molecular flexibility index (Phi) is 3.69. The van der Waals surface area contributed by atoms with Crippen LogP contribution in [0.3, 0.4) is 0 Å². The van der Waals surface area contributed by atoms with E-state index in [0.29, 0.717) is 6.42 Å². The Hall–Kier alpha value is -1.07. The molecule has 0 aromatic heterocycles. The van der Waals surface area contributed by atoms with Gasteiger partial charge in [0.2, 0.25) is 0 Å². The van der Waals surface area contributed by atoms with E-state index >= 15 is 0 Å².